The number of benzene rings is 6. The van der Waals surface area contributed by atoms with Crippen molar-refractivity contribution < 1.29 is 0 Å². The second-order valence-electron chi connectivity index (χ2n) is 11.7. The molecule has 0 N–H and O–H groups in total. The fourth-order valence-electron chi connectivity index (χ4n) is 6.67. The molecule has 3 heteroatoms. The molecule has 0 amide bonds. The van der Waals surface area contributed by atoms with Crippen LogP contribution in [0.1, 0.15) is 12.0 Å². The van der Waals surface area contributed by atoms with Crippen molar-refractivity contribution in [2.45, 2.75) is 12.5 Å². The highest BCUT2D eigenvalue weighted by molar-refractivity contribution is 6.06. The number of fused-ring (bicyclic) bond motifs is 3. The molecule has 1 heterocycles. The van der Waals surface area contributed by atoms with Gasteiger partial charge in [0, 0.05) is 27.8 Å². The molecule has 1 unspecified atom stereocenters. The van der Waals surface area contributed by atoms with E-state index in [1.54, 1.807) is 0 Å². The summed E-state index contributed by atoms with van der Waals surface area (Å²) in [6.07, 6.45) is 7.75. The van der Waals surface area contributed by atoms with Crippen LogP contribution in [0.2, 0.25) is 0 Å². The molecule has 46 heavy (non-hydrogen) atoms. The highest BCUT2D eigenvalue weighted by Crippen LogP contribution is 2.35. The number of pyridine rings is 1. The summed E-state index contributed by atoms with van der Waals surface area (Å²) in [5.74, 6) is 0. The van der Waals surface area contributed by atoms with Crippen LogP contribution in [0.25, 0.3) is 44.1 Å². The molecule has 1 atom stereocenters. The third kappa shape index (κ3) is 5.02. The number of para-hydroxylation sites is 1. The number of anilines is 2. The first-order valence-electron chi connectivity index (χ1n) is 15.8. The van der Waals surface area contributed by atoms with Gasteiger partial charge in [-0.15, -0.1) is 0 Å². The maximum absolute atomic E-state index is 13.9. The Balaban J connectivity index is 1.20. The Bertz CT molecular complexity index is 2280. The Hall–Kier alpha value is -5.93. The van der Waals surface area contributed by atoms with E-state index in [0.29, 0.717) is 0 Å². The molecule has 0 radical (unpaired) electrons. The lowest BCUT2D eigenvalue weighted by Crippen LogP contribution is -2.30. The molecule has 7 aromatic rings. The second kappa shape index (κ2) is 11.9. The molecule has 1 aromatic heterocycles. The molecule has 0 spiro atoms. The molecule has 1 aliphatic carbocycles. The van der Waals surface area contributed by atoms with Crippen LogP contribution in [0.4, 0.5) is 11.4 Å². The summed E-state index contributed by atoms with van der Waals surface area (Å²) >= 11 is 0. The van der Waals surface area contributed by atoms with Gasteiger partial charge in [-0.1, -0.05) is 127 Å². The molecule has 220 valence electrons. The van der Waals surface area contributed by atoms with Gasteiger partial charge >= 0.3 is 0 Å². The fourth-order valence-corrected chi connectivity index (χ4v) is 6.67. The number of rotatable bonds is 6. The molecule has 1 aliphatic rings. The van der Waals surface area contributed by atoms with Crippen molar-refractivity contribution in [1.29, 1.82) is 0 Å². The van der Waals surface area contributed by atoms with E-state index >= 15 is 0 Å². The monoisotopic (exact) mass is 592 g/mol. The van der Waals surface area contributed by atoms with E-state index in [4.69, 9.17) is 0 Å². The standard InChI is InChI=1S/C43H32N2O/c46-43-41-17-8-7-15-39(41)40-16-9-10-18-42(40)45(43)38-29-27-37(28-30-38)44(35-23-19-33(20-24-35)31-11-3-1-4-12-31)36-25-21-34(22-26-36)32-13-5-2-6-14-32/h1-25,27-30,36H,26H2. The summed E-state index contributed by atoms with van der Waals surface area (Å²) < 4.78 is 1.84. The molecule has 0 fully saturated rings. The van der Waals surface area contributed by atoms with Gasteiger partial charge in [0.05, 0.1) is 11.6 Å². The van der Waals surface area contributed by atoms with Crippen molar-refractivity contribution in [2.24, 2.45) is 0 Å². The van der Waals surface area contributed by atoms with Crippen LogP contribution in [-0.4, -0.2) is 10.6 Å². The lowest BCUT2D eigenvalue weighted by Gasteiger charge is -2.33. The van der Waals surface area contributed by atoms with Gasteiger partial charge < -0.3 is 4.90 Å². The first-order chi connectivity index (χ1) is 22.7. The zero-order chi connectivity index (χ0) is 30.9. The molecule has 3 nitrogen and oxygen atoms in total. The van der Waals surface area contributed by atoms with Crippen LogP contribution in [0.5, 0.6) is 0 Å². The minimum absolute atomic E-state index is 0.0100. The highest BCUT2D eigenvalue weighted by Gasteiger charge is 2.21. The van der Waals surface area contributed by atoms with Crippen LogP contribution in [-0.2, 0) is 0 Å². The minimum atomic E-state index is -0.0100. The zero-order valence-corrected chi connectivity index (χ0v) is 25.3. The average molecular weight is 593 g/mol. The Labute approximate surface area is 268 Å². The lowest BCUT2D eigenvalue weighted by molar-refractivity contribution is 0.787. The third-order valence-corrected chi connectivity index (χ3v) is 8.95. The van der Waals surface area contributed by atoms with Crippen molar-refractivity contribution in [3.63, 3.8) is 0 Å². The van der Waals surface area contributed by atoms with E-state index in [0.717, 1.165) is 45.2 Å². The van der Waals surface area contributed by atoms with Gasteiger partial charge in [-0.05, 0) is 82.6 Å². The number of hydrogen-bond acceptors (Lipinski definition) is 2. The third-order valence-electron chi connectivity index (χ3n) is 8.95. The van der Waals surface area contributed by atoms with Crippen LogP contribution in [0, 0.1) is 0 Å². The Morgan fingerprint density at radius 3 is 1.72 bits per heavy atom. The van der Waals surface area contributed by atoms with Gasteiger partial charge in [0.15, 0.2) is 0 Å². The predicted octanol–water partition coefficient (Wildman–Crippen LogP) is 10.4. The molecular formula is C43H32N2O. The molecule has 6 aromatic carbocycles. The predicted molar refractivity (Wildman–Crippen MR) is 193 cm³/mol. The Kier molecular flexibility index (Phi) is 7.12. The average Bonchev–Trinajstić information content (AvgIpc) is 3.14. The van der Waals surface area contributed by atoms with E-state index in [1.165, 1.54) is 22.3 Å². The van der Waals surface area contributed by atoms with Gasteiger partial charge in [-0.3, -0.25) is 9.36 Å². The summed E-state index contributed by atoms with van der Waals surface area (Å²) in [6.45, 7) is 0. The Morgan fingerprint density at radius 2 is 1.07 bits per heavy atom. The smallest absolute Gasteiger partial charge is 0.263 e. The molecular weight excluding hydrogens is 560 g/mol. The summed E-state index contributed by atoms with van der Waals surface area (Å²) in [7, 11) is 0. The summed E-state index contributed by atoms with van der Waals surface area (Å²) in [5.41, 5.74) is 8.79. The van der Waals surface area contributed by atoms with Crippen molar-refractivity contribution in [1.82, 2.24) is 4.57 Å². The van der Waals surface area contributed by atoms with Gasteiger partial charge in [0.2, 0.25) is 0 Å². The molecule has 0 bridgehead atoms. The number of hydrogen-bond donors (Lipinski definition) is 0. The first kappa shape index (κ1) is 27.6. The van der Waals surface area contributed by atoms with Crippen LogP contribution < -0.4 is 10.5 Å². The molecule has 8 rings (SSSR count). The van der Waals surface area contributed by atoms with Gasteiger partial charge in [0.1, 0.15) is 0 Å². The van der Waals surface area contributed by atoms with E-state index in [2.05, 4.69) is 132 Å². The second-order valence-corrected chi connectivity index (χ2v) is 11.7. The number of aromatic nitrogens is 1. The van der Waals surface area contributed by atoms with Crippen LogP contribution >= 0.6 is 0 Å². The molecule has 0 aliphatic heterocycles. The quantitative estimate of drug-likeness (QED) is 0.180. The van der Waals surface area contributed by atoms with Crippen LogP contribution in [0.3, 0.4) is 0 Å². The normalized spacial score (nSPS) is 14.3. The zero-order valence-electron chi connectivity index (χ0n) is 25.3. The SMILES string of the molecule is O=c1c2ccccc2c2ccccc2n1-c1ccc(N(c2ccc(-c3ccccc3)cc2)C2C=CC(c3ccccc3)=CC2)cc1. The molecule has 0 saturated carbocycles. The lowest BCUT2D eigenvalue weighted by atomic mass is 9.95. The van der Waals surface area contributed by atoms with Crippen molar-refractivity contribution in [2.75, 3.05) is 4.90 Å². The summed E-state index contributed by atoms with van der Waals surface area (Å²) in [5, 5.41) is 2.77. The van der Waals surface area contributed by atoms with Crippen molar-refractivity contribution >= 4 is 38.6 Å². The molecule has 0 saturated heterocycles. The highest BCUT2D eigenvalue weighted by atomic mass is 16.1. The van der Waals surface area contributed by atoms with E-state index in [-0.39, 0.29) is 11.6 Å². The van der Waals surface area contributed by atoms with E-state index < -0.39 is 0 Å². The van der Waals surface area contributed by atoms with E-state index in [1.807, 2.05) is 53.1 Å². The maximum atomic E-state index is 13.9. The number of allylic oxidation sites excluding steroid dienone is 2. The summed E-state index contributed by atoms with van der Waals surface area (Å²) in [6, 6.07) is 54.4. The maximum Gasteiger partial charge on any atom is 0.263 e. The topological polar surface area (TPSA) is 25.2 Å². The van der Waals surface area contributed by atoms with Gasteiger partial charge in [0.25, 0.3) is 5.56 Å². The van der Waals surface area contributed by atoms with Gasteiger partial charge in [-0.25, -0.2) is 0 Å². The number of nitrogens with zero attached hydrogens (tertiary/aromatic N) is 2. The Morgan fingerprint density at radius 1 is 0.522 bits per heavy atom. The van der Waals surface area contributed by atoms with Crippen LogP contribution in [0.15, 0.2) is 181 Å². The fraction of sp³-hybridized carbons (Fsp3) is 0.0465. The summed E-state index contributed by atoms with van der Waals surface area (Å²) in [4.78, 5) is 16.3. The minimum Gasteiger partial charge on any atom is -0.334 e. The first-order valence-corrected chi connectivity index (χ1v) is 15.8. The van der Waals surface area contributed by atoms with E-state index in [9.17, 15) is 4.79 Å². The van der Waals surface area contributed by atoms with Crippen molar-refractivity contribution in [3.8, 4) is 16.8 Å². The van der Waals surface area contributed by atoms with Crippen molar-refractivity contribution in [3.05, 3.63) is 192 Å². The van der Waals surface area contributed by atoms with Gasteiger partial charge in [-0.2, -0.15) is 0 Å². The largest absolute Gasteiger partial charge is 0.334 e.